The van der Waals surface area contributed by atoms with E-state index in [9.17, 15) is 22.8 Å². The summed E-state index contributed by atoms with van der Waals surface area (Å²) in [4.78, 5) is 27.3. The van der Waals surface area contributed by atoms with E-state index in [2.05, 4.69) is 0 Å². The monoisotopic (exact) mass is 510 g/mol. The van der Waals surface area contributed by atoms with Crippen molar-refractivity contribution >= 4 is 6.09 Å². The topological polar surface area (TPSA) is 79.2 Å². The Labute approximate surface area is 206 Å². The van der Waals surface area contributed by atoms with E-state index in [1.54, 1.807) is 44.0 Å². The van der Waals surface area contributed by atoms with Crippen LogP contribution < -0.4 is 10.3 Å². The third kappa shape index (κ3) is 5.36. The number of likely N-dealkylation sites (tertiary alicyclic amines) is 1. The van der Waals surface area contributed by atoms with Gasteiger partial charge in [-0.1, -0.05) is 0 Å². The zero-order chi connectivity index (χ0) is 26.3. The summed E-state index contributed by atoms with van der Waals surface area (Å²) in [6.07, 6.45) is -2.84. The molecule has 1 aromatic carbocycles. The summed E-state index contributed by atoms with van der Waals surface area (Å²) in [5.74, 6) is -0.104. The first-order chi connectivity index (χ1) is 16.8. The SMILES string of the molecule is COCOc1cc(C(F)(F)F)ccc1-c1cccn(C2COC3(C2)CN(C(=O)OC(C)(C)C)C3)c1=O. The van der Waals surface area contributed by atoms with Gasteiger partial charge in [-0.25, -0.2) is 4.79 Å². The van der Waals surface area contributed by atoms with Crippen LogP contribution in [0.5, 0.6) is 5.75 Å². The summed E-state index contributed by atoms with van der Waals surface area (Å²) in [7, 11) is 1.35. The lowest BCUT2D eigenvalue weighted by molar-refractivity contribution is -0.137. The molecule has 2 saturated heterocycles. The highest BCUT2D eigenvalue weighted by Crippen LogP contribution is 2.41. The number of halogens is 3. The molecular formula is C25H29F3N2O6. The largest absolute Gasteiger partial charge is 0.467 e. The zero-order valence-corrected chi connectivity index (χ0v) is 20.6. The van der Waals surface area contributed by atoms with E-state index in [-0.39, 0.29) is 41.9 Å². The van der Waals surface area contributed by atoms with Crippen LogP contribution in [0.3, 0.4) is 0 Å². The van der Waals surface area contributed by atoms with Gasteiger partial charge in [-0.05, 0) is 51.1 Å². The number of amides is 1. The van der Waals surface area contributed by atoms with Crippen LogP contribution in [0.4, 0.5) is 18.0 Å². The number of rotatable bonds is 5. The van der Waals surface area contributed by atoms with E-state index < -0.39 is 29.0 Å². The van der Waals surface area contributed by atoms with Crippen molar-refractivity contribution < 1.29 is 36.9 Å². The van der Waals surface area contributed by atoms with Gasteiger partial charge >= 0.3 is 12.3 Å². The minimum Gasteiger partial charge on any atom is -0.467 e. The lowest BCUT2D eigenvalue weighted by atomic mass is 9.89. The smallest absolute Gasteiger partial charge is 0.416 e. The average molecular weight is 511 g/mol. The molecule has 2 aromatic rings. The van der Waals surface area contributed by atoms with Gasteiger partial charge in [-0.3, -0.25) is 4.79 Å². The molecule has 0 saturated carbocycles. The van der Waals surface area contributed by atoms with Gasteiger partial charge in [0, 0.05) is 25.3 Å². The van der Waals surface area contributed by atoms with E-state index in [0.717, 1.165) is 12.1 Å². The number of hydrogen-bond acceptors (Lipinski definition) is 6. The van der Waals surface area contributed by atoms with E-state index >= 15 is 0 Å². The van der Waals surface area contributed by atoms with Crippen molar-refractivity contribution in [2.75, 3.05) is 33.6 Å². The Balaban J connectivity index is 1.55. The number of ether oxygens (including phenoxy) is 4. The normalized spacial score (nSPS) is 19.3. The van der Waals surface area contributed by atoms with Crippen molar-refractivity contribution in [3.8, 4) is 16.9 Å². The Bertz CT molecular complexity index is 1180. The maximum Gasteiger partial charge on any atom is 0.416 e. The van der Waals surface area contributed by atoms with Gasteiger partial charge in [0.2, 0.25) is 0 Å². The number of carbonyl (C=O) groups excluding carboxylic acids is 1. The number of hydrogen-bond donors (Lipinski definition) is 0. The van der Waals surface area contributed by atoms with Gasteiger partial charge < -0.3 is 28.4 Å². The number of alkyl halides is 3. The maximum absolute atomic E-state index is 13.4. The summed E-state index contributed by atoms with van der Waals surface area (Å²) in [5.41, 5.74) is -2.00. The fourth-order valence-electron chi connectivity index (χ4n) is 4.49. The molecule has 11 heteroatoms. The second-order valence-corrected chi connectivity index (χ2v) is 10.1. The van der Waals surface area contributed by atoms with Crippen molar-refractivity contribution in [3.05, 3.63) is 52.4 Å². The number of carbonyl (C=O) groups is 1. The molecule has 0 aliphatic carbocycles. The highest BCUT2D eigenvalue weighted by Gasteiger charge is 2.52. The minimum absolute atomic E-state index is 0.104. The summed E-state index contributed by atoms with van der Waals surface area (Å²) in [6.45, 7) is 6.11. The fraction of sp³-hybridized carbons (Fsp3) is 0.520. The van der Waals surface area contributed by atoms with E-state index in [1.807, 2.05) is 0 Å². The number of aromatic nitrogens is 1. The predicted molar refractivity (Wildman–Crippen MR) is 124 cm³/mol. The molecule has 36 heavy (non-hydrogen) atoms. The second kappa shape index (κ2) is 9.44. The van der Waals surface area contributed by atoms with Crippen molar-refractivity contribution in [1.29, 1.82) is 0 Å². The molecule has 1 aromatic heterocycles. The van der Waals surface area contributed by atoms with Crippen LogP contribution in [0.2, 0.25) is 0 Å². The molecular weight excluding hydrogens is 481 g/mol. The lowest BCUT2D eigenvalue weighted by Crippen LogP contribution is -2.63. The van der Waals surface area contributed by atoms with Crippen molar-refractivity contribution in [2.24, 2.45) is 0 Å². The number of benzene rings is 1. The quantitative estimate of drug-likeness (QED) is 0.553. The van der Waals surface area contributed by atoms with E-state index in [0.29, 0.717) is 19.5 Å². The van der Waals surface area contributed by atoms with Gasteiger partial charge in [0.1, 0.15) is 17.0 Å². The minimum atomic E-state index is -4.56. The predicted octanol–water partition coefficient (Wildman–Crippen LogP) is 4.47. The van der Waals surface area contributed by atoms with Crippen LogP contribution in [-0.2, 0) is 20.4 Å². The highest BCUT2D eigenvalue weighted by atomic mass is 19.4. The number of nitrogens with zero attached hydrogens (tertiary/aromatic N) is 2. The molecule has 0 radical (unpaired) electrons. The van der Waals surface area contributed by atoms with Gasteiger partial charge in [0.25, 0.3) is 5.56 Å². The summed E-state index contributed by atoms with van der Waals surface area (Å²) >= 11 is 0. The first-order valence-electron chi connectivity index (χ1n) is 11.5. The zero-order valence-electron chi connectivity index (χ0n) is 20.6. The highest BCUT2D eigenvalue weighted by molar-refractivity contribution is 5.71. The molecule has 0 bridgehead atoms. The summed E-state index contributed by atoms with van der Waals surface area (Å²) in [5, 5.41) is 0. The molecule has 8 nitrogen and oxygen atoms in total. The molecule has 1 atom stereocenters. The van der Waals surface area contributed by atoms with Gasteiger partial charge in [-0.15, -0.1) is 0 Å². The Morgan fingerprint density at radius 2 is 1.89 bits per heavy atom. The molecule has 4 rings (SSSR count). The number of pyridine rings is 1. The molecule has 1 unspecified atom stereocenters. The molecule has 0 N–H and O–H groups in total. The Morgan fingerprint density at radius 3 is 2.53 bits per heavy atom. The molecule has 2 aliphatic rings. The van der Waals surface area contributed by atoms with Crippen LogP contribution in [-0.4, -0.2) is 60.4 Å². The summed E-state index contributed by atoms with van der Waals surface area (Å²) in [6, 6.07) is 5.91. The van der Waals surface area contributed by atoms with Gasteiger partial charge in [0.05, 0.1) is 36.9 Å². The Morgan fingerprint density at radius 1 is 1.17 bits per heavy atom. The van der Waals surface area contributed by atoms with Crippen LogP contribution in [0, 0.1) is 0 Å². The van der Waals surface area contributed by atoms with Crippen molar-refractivity contribution in [1.82, 2.24) is 9.47 Å². The van der Waals surface area contributed by atoms with Crippen LogP contribution in [0.1, 0.15) is 38.8 Å². The van der Waals surface area contributed by atoms with Gasteiger partial charge in [-0.2, -0.15) is 13.2 Å². The molecule has 196 valence electrons. The number of methoxy groups -OCH3 is 1. The van der Waals surface area contributed by atoms with Crippen LogP contribution >= 0.6 is 0 Å². The Kier molecular flexibility index (Phi) is 6.82. The first kappa shape index (κ1) is 26.0. The summed E-state index contributed by atoms with van der Waals surface area (Å²) < 4.78 is 62.9. The Hall–Kier alpha value is -3.05. The average Bonchev–Trinajstić information content (AvgIpc) is 3.21. The van der Waals surface area contributed by atoms with E-state index in [1.165, 1.54) is 17.7 Å². The lowest BCUT2D eigenvalue weighted by Gasteiger charge is -2.46. The molecule has 2 aliphatic heterocycles. The third-order valence-corrected chi connectivity index (χ3v) is 6.10. The molecule has 1 spiro atoms. The standard InChI is InChI=1S/C25H29F3N2O6/c1-23(2,3)36-22(32)29-13-24(14-29)11-17(12-35-24)30-9-5-6-19(21(30)31)18-8-7-16(25(26,27)28)10-20(18)34-15-33-4/h5-10,17H,11-15H2,1-4H3. The molecule has 1 amide bonds. The maximum atomic E-state index is 13.4. The van der Waals surface area contributed by atoms with Gasteiger partial charge in [0.15, 0.2) is 6.79 Å². The van der Waals surface area contributed by atoms with Crippen molar-refractivity contribution in [3.63, 3.8) is 0 Å². The van der Waals surface area contributed by atoms with Crippen LogP contribution in [0.15, 0.2) is 41.3 Å². The van der Waals surface area contributed by atoms with Crippen molar-refractivity contribution in [2.45, 2.75) is 50.6 Å². The second-order valence-electron chi connectivity index (χ2n) is 10.1. The van der Waals surface area contributed by atoms with Crippen LogP contribution in [0.25, 0.3) is 11.1 Å². The third-order valence-electron chi connectivity index (χ3n) is 6.10. The molecule has 3 heterocycles. The molecule has 2 fully saturated rings. The van der Waals surface area contributed by atoms with E-state index in [4.69, 9.17) is 18.9 Å². The fourth-order valence-corrected chi connectivity index (χ4v) is 4.49. The first-order valence-corrected chi connectivity index (χ1v) is 11.5.